The van der Waals surface area contributed by atoms with Crippen LogP contribution in [-0.2, 0) is 0 Å². The van der Waals surface area contributed by atoms with E-state index in [1.54, 1.807) is 56.7 Å². The number of carbonyl (C=O) groups is 2. The van der Waals surface area contributed by atoms with Crippen LogP contribution in [0.25, 0.3) is 11.1 Å². The summed E-state index contributed by atoms with van der Waals surface area (Å²) in [5.41, 5.74) is 4.12. The highest BCUT2D eigenvalue weighted by molar-refractivity contribution is 6.07. The number of hydrogen-bond acceptors (Lipinski definition) is 5. The lowest BCUT2D eigenvalue weighted by Gasteiger charge is -2.13. The van der Waals surface area contributed by atoms with Crippen molar-refractivity contribution < 1.29 is 23.5 Å². The molecule has 0 fully saturated rings. The second kappa shape index (κ2) is 9.95. The molecule has 0 aliphatic heterocycles. The third-order valence-corrected chi connectivity index (χ3v) is 5.35. The van der Waals surface area contributed by atoms with Crippen molar-refractivity contribution in [3.8, 4) is 22.6 Å². The van der Waals surface area contributed by atoms with E-state index in [-0.39, 0.29) is 17.6 Å². The SMILES string of the molecule is COc1ccc(-c2cc(NC(=O)c3ccc(C)c(NC(=O)c4ccco4)c3)ccc2OC)cc1. The highest BCUT2D eigenvalue weighted by atomic mass is 16.5. The summed E-state index contributed by atoms with van der Waals surface area (Å²) in [7, 11) is 3.22. The lowest BCUT2D eigenvalue weighted by atomic mass is 10.0. The number of carbonyl (C=O) groups excluding carboxylic acids is 2. The molecule has 4 aromatic rings. The summed E-state index contributed by atoms with van der Waals surface area (Å²) >= 11 is 0. The molecule has 4 rings (SSSR count). The van der Waals surface area contributed by atoms with Gasteiger partial charge in [0.1, 0.15) is 11.5 Å². The number of anilines is 2. The van der Waals surface area contributed by atoms with Crippen molar-refractivity contribution >= 4 is 23.2 Å². The van der Waals surface area contributed by atoms with E-state index >= 15 is 0 Å². The van der Waals surface area contributed by atoms with E-state index in [1.807, 2.05) is 37.3 Å². The van der Waals surface area contributed by atoms with Crippen LogP contribution in [0.1, 0.15) is 26.5 Å². The van der Waals surface area contributed by atoms with Crippen LogP contribution in [0.4, 0.5) is 11.4 Å². The van der Waals surface area contributed by atoms with Crippen molar-refractivity contribution in [2.24, 2.45) is 0 Å². The maximum Gasteiger partial charge on any atom is 0.291 e. The first-order valence-electron chi connectivity index (χ1n) is 10.6. The zero-order valence-corrected chi connectivity index (χ0v) is 19.0. The minimum absolute atomic E-state index is 0.193. The van der Waals surface area contributed by atoms with Gasteiger partial charge in [0, 0.05) is 22.5 Å². The first-order chi connectivity index (χ1) is 16.5. The Balaban J connectivity index is 1.56. The van der Waals surface area contributed by atoms with E-state index < -0.39 is 0 Å². The summed E-state index contributed by atoms with van der Waals surface area (Å²) in [4.78, 5) is 25.3. The fourth-order valence-electron chi connectivity index (χ4n) is 3.47. The smallest absolute Gasteiger partial charge is 0.291 e. The van der Waals surface area contributed by atoms with Crippen molar-refractivity contribution in [1.82, 2.24) is 0 Å². The van der Waals surface area contributed by atoms with Crippen molar-refractivity contribution in [2.75, 3.05) is 24.9 Å². The predicted octanol–water partition coefficient (Wildman–Crippen LogP) is 5.78. The molecule has 2 N–H and O–H groups in total. The van der Waals surface area contributed by atoms with Crippen LogP contribution in [0.15, 0.2) is 83.5 Å². The number of hydrogen-bond donors (Lipinski definition) is 2. The van der Waals surface area contributed by atoms with Crippen LogP contribution < -0.4 is 20.1 Å². The van der Waals surface area contributed by atoms with Gasteiger partial charge in [0.25, 0.3) is 11.8 Å². The summed E-state index contributed by atoms with van der Waals surface area (Å²) in [5, 5.41) is 5.71. The van der Waals surface area contributed by atoms with Crippen molar-refractivity contribution in [3.05, 3.63) is 95.9 Å². The molecule has 0 spiro atoms. The van der Waals surface area contributed by atoms with Gasteiger partial charge in [0.15, 0.2) is 5.76 Å². The number of ether oxygens (including phenoxy) is 2. The second-order valence-electron chi connectivity index (χ2n) is 7.56. The van der Waals surface area contributed by atoms with Gasteiger partial charge in [0.05, 0.1) is 20.5 Å². The molecule has 7 heteroatoms. The maximum absolute atomic E-state index is 13.0. The van der Waals surface area contributed by atoms with Gasteiger partial charge in [-0.15, -0.1) is 0 Å². The summed E-state index contributed by atoms with van der Waals surface area (Å²) < 4.78 is 15.9. The second-order valence-corrected chi connectivity index (χ2v) is 7.56. The molecule has 0 saturated heterocycles. The Morgan fingerprint density at radius 3 is 2.29 bits per heavy atom. The number of benzene rings is 3. The standard InChI is InChI=1S/C27H24N2O5/c1-17-6-7-19(15-23(17)29-27(31)25-5-4-14-34-25)26(30)28-20-10-13-24(33-3)22(16-20)18-8-11-21(32-2)12-9-18/h4-16H,1-3H3,(H,28,30)(H,29,31). The molecule has 7 nitrogen and oxygen atoms in total. The lowest BCUT2D eigenvalue weighted by Crippen LogP contribution is -2.15. The third-order valence-electron chi connectivity index (χ3n) is 5.35. The molecule has 0 saturated carbocycles. The highest BCUT2D eigenvalue weighted by Gasteiger charge is 2.14. The molecule has 0 aliphatic carbocycles. The topological polar surface area (TPSA) is 89.8 Å². The van der Waals surface area contributed by atoms with Gasteiger partial charge in [0.2, 0.25) is 0 Å². The van der Waals surface area contributed by atoms with Crippen molar-refractivity contribution in [3.63, 3.8) is 0 Å². The Kier molecular flexibility index (Phi) is 6.64. The first kappa shape index (κ1) is 22.7. The van der Waals surface area contributed by atoms with Crippen molar-refractivity contribution in [2.45, 2.75) is 6.92 Å². The number of methoxy groups -OCH3 is 2. The van der Waals surface area contributed by atoms with E-state index in [0.717, 1.165) is 22.4 Å². The highest BCUT2D eigenvalue weighted by Crippen LogP contribution is 2.33. The average molecular weight is 456 g/mol. The largest absolute Gasteiger partial charge is 0.497 e. The number of rotatable bonds is 7. The maximum atomic E-state index is 13.0. The van der Waals surface area contributed by atoms with Crippen molar-refractivity contribution in [1.29, 1.82) is 0 Å². The third kappa shape index (κ3) is 4.94. The van der Waals surface area contributed by atoms with Crippen LogP contribution in [0.3, 0.4) is 0 Å². The van der Waals surface area contributed by atoms with E-state index in [4.69, 9.17) is 13.9 Å². The number of amides is 2. The molecule has 1 heterocycles. The Labute approximate surface area is 197 Å². The quantitative estimate of drug-likeness (QED) is 0.368. The molecular weight excluding hydrogens is 432 g/mol. The molecule has 0 radical (unpaired) electrons. The molecule has 0 unspecified atom stereocenters. The molecule has 1 aromatic heterocycles. The molecule has 0 bridgehead atoms. The Morgan fingerprint density at radius 2 is 1.62 bits per heavy atom. The van der Waals surface area contributed by atoms with Gasteiger partial charge in [-0.25, -0.2) is 0 Å². The molecule has 172 valence electrons. The van der Waals surface area contributed by atoms with Gasteiger partial charge in [-0.1, -0.05) is 18.2 Å². The van der Waals surface area contributed by atoms with Gasteiger partial charge in [-0.2, -0.15) is 0 Å². The number of nitrogens with one attached hydrogen (secondary N) is 2. The summed E-state index contributed by atoms with van der Waals surface area (Å²) in [5.74, 6) is 0.936. The lowest BCUT2D eigenvalue weighted by molar-refractivity contribution is 0.0993. The van der Waals surface area contributed by atoms with Gasteiger partial charge in [-0.05, 0) is 72.6 Å². The van der Waals surface area contributed by atoms with Gasteiger partial charge >= 0.3 is 0 Å². The van der Waals surface area contributed by atoms with Gasteiger partial charge in [-0.3, -0.25) is 9.59 Å². The molecule has 0 aliphatic rings. The zero-order valence-electron chi connectivity index (χ0n) is 19.0. The Hall–Kier alpha value is -4.52. The predicted molar refractivity (Wildman–Crippen MR) is 131 cm³/mol. The Morgan fingerprint density at radius 1 is 0.824 bits per heavy atom. The number of furan rings is 1. The van der Waals surface area contributed by atoms with Crippen LogP contribution >= 0.6 is 0 Å². The van der Waals surface area contributed by atoms with Crippen LogP contribution in [0.5, 0.6) is 11.5 Å². The van der Waals surface area contributed by atoms with E-state index in [9.17, 15) is 9.59 Å². The van der Waals surface area contributed by atoms with Gasteiger partial charge < -0.3 is 24.5 Å². The average Bonchev–Trinajstić information content (AvgIpc) is 3.40. The monoisotopic (exact) mass is 456 g/mol. The summed E-state index contributed by atoms with van der Waals surface area (Å²) in [6, 6.07) is 21.4. The summed E-state index contributed by atoms with van der Waals surface area (Å²) in [6.45, 7) is 1.85. The van der Waals surface area contributed by atoms with Crippen LogP contribution in [0, 0.1) is 6.92 Å². The zero-order chi connectivity index (χ0) is 24.1. The van der Waals surface area contributed by atoms with Crippen LogP contribution in [0.2, 0.25) is 0 Å². The fraction of sp³-hybridized carbons (Fsp3) is 0.111. The Bertz CT molecular complexity index is 1310. The van der Waals surface area contributed by atoms with Crippen LogP contribution in [-0.4, -0.2) is 26.0 Å². The normalized spacial score (nSPS) is 10.4. The summed E-state index contributed by atoms with van der Waals surface area (Å²) in [6.07, 6.45) is 1.43. The molecule has 3 aromatic carbocycles. The fourth-order valence-corrected chi connectivity index (χ4v) is 3.47. The van der Waals surface area contributed by atoms with E-state index in [2.05, 4.69) is 10.6 Å². The number of aryl methyl sites for hydroxylation is 1. The molecule has 0 atom stereocenters. The molecular formula is C27H24N2O5. The van der Waals surface area contributed by atoms with E-state index in [1.165, 1.54) is 6.26 Å². The first-order valence-corrected chi connectivity index (χ1v) is 10.6. The minimum atomic E-state index is -0.384. The molecule has 2 amide bonds. The van der Waals surface area contributed by atoms with E-state index in [0.29, 0.717) is 22.7 Å². The molecule has 34 heavy (non-hydrogen) atoms. The minimum Gasteiger partial charge on any atom is -0.497 e.